The minimum absolute atomic E-state index is 0.0297. The number of hydrogen-bond acceptors (Lipinski definition) is 5. The molecular formula is C21H21N3OS2. The summed E-state index contributed by atoms with van der Waals surface area (Å²) in [6, 6.07) is 8.27. The van der Waals surface area contributed by atoms with Crippen LogP contribution in [0.1, 0.15) is 40.8 Å². The third-order valence-electron chi connectivity index (χ3n) is 5.15. The van der Waals surface area contributed by atoms with E-state index in [2.05, 4.69) is 26.0 Å². The van der Waals surface area contributed by atoms with Gasteiger partial charge < -0.3 is 0 Å². The lowest BCUT2D eigenvalue weighted by Crippen LogP contribution is -2.22. The average Bonchev–Trinajstić information content (AvgIpc) is 3.03. The van der Waals surface area contributed by atoms with Gasteiger partial charge in [0, 0.05) is 17.1 Å². The Kier molecular flexibility index (Phi) is 5.07. The van der Waals surface area contributed by atoms with Crippen molar-refractivity contribution in [2.75, 3.05) is 5.75 Å². The highest BCUT2D eigenvalue weighted by molar-refractivity contribution is 7.99. The van der Waals surface area contributed by atoms with Crippen molar-refractivity contribution in [2.24, 2.45) is 0 Å². The van der Waals surface area contributed by atoms with Crippen LogP contribution < -0.4 is 5.56 Å². The van der Waals surface area contributed by atoms with Crippen LogP contribution >= 0.6 is 23.1 Å². The average molecular weight is 396 g/mol. The van der Waals surface area contributed by atoms with Crippen molar-refractivity contribution in [3.05, 3.63) is 50.1 Å². The molecule has 3 aromatic rings. The summed E-state index contributed by atoms with van der Waals surface area (Å²) in [5.41, 5.74) is 4.45. The second-order valence-corrected chi connectivity index (χ2v) is 9.10. The van der Waals surface area contributed by atoms with Crippen molar-refractivity contribution < 1.29 is 0 Å². The maximum absolute atomic E-state index is 13.6. The van der Waals surface area contributed by atoms with Gasteiger partial charge in [-0.3, -0.25) is 9.36 Å². The lowest BCUT2D eigenvalue weighted by molar-refractivity contribution is 0.699. The van der Waals surface area contributed by atoms with E-state index in [0.29, 0.717) is 17.3 Å². The normalized spacial score (nSPS) is 13.5. The highest BCUT2D eigenvalue weighted by atomic mass is 32.2. The Morgan fingerprint density at radius 3 is 2.85 bits per heavy atom. The molecule has 0 bridgehead atoms. The van der Waals surface area contributed by atoms with Crippen LogP contribution in [0.15, 0.2) is 28.2 Å². The summed E-state index contributed by atoms with van der Waals surface area (Å²) in [5, 5.41) is 10.4. The van der Waals surface area contributed by atoms with E-state index in [1.165, 1.54) is 34.2 Å². The summed E-state index contributed by atoms with van der Waals surface area (Å²) in [5.74, 6) is 0.629. The molecule has 4 nitrogen and oxygen atoms in total. The van der Waals surface area contributed by atoms with Gasteiger partial charge in [-0.05, 0) is 68.4 Å². The SMILES string of the molecule is Cc1ccc(-n2c(SCCC#N)nc3sc4c(c3c2=O)CCCC4)cc1C. The second-order valence-electron chi connectivity index (χ2n) is 6.95. The van der Waals surface area contributed by atoms with Gasteiger partial charge >= 0.3 is 0 Å². The Labute approximate surface area is 166 Å². The Bertz CT molecular complexity index is 1120. The monoisotopic (exact) mass is 395 g/mol. The molecule has 1 aliphatic rings. The lowest BCUT2D eigenvalue weighted by Gasteiger charge is -2.14. The highest BCUT2D eigenvalue weighted by Gasteiger charge is 2.22. The third kappa shape index (κ3) is 3.30. The molecule has 0 amide bonds. The van der Waals surface area contributed by atoms with Crippen molar-refractivity contribution in [2.45, 2.75) is 51.1 Å². The summed E-state index contributed by atoms with van der Waals surface area (Å²) in [6.07, 6.45) is 4.79. The fraction of sp³-hybridized carbons (Fsp3) is 0.381. The molecule has 0 saturated heterocycles. The van der Waals surface area contributed by atoms with Crippen molar-refractivity contribution in [3.63, 3.8) is 0 Å². The number of thiophene rings is 1. The van der Waals surface area contributed by atoms with Crippen LogP contribution in [0.5, 0.6) is 0 Å². The Hall–Kier alpha value is -2.10. The van der Waals surface area contributed by atoms with E-state index in [1.807, 2.05) is 12.1 Å². The minimum Gasteiger partial charge on any atom is -0.268 e. The maximum Gasteiger partial charge on any atom is 0.267 e. The second kappa shape index (κ2) is 7.49. The van der Waals surface area contributed by atoms with Crippen molar-refractivity contribution >= 4 is 33.3 Å². The zero-order valence-corrected chi connectivity index (χ0v) is 17.2. The van der Waals surface area contributed by atoms with Crippen LogP contribution in [0.25, 0.3) is 15.9 Å². The summed E-state index contributed by atoms with van der Waals surface area (Å²) in [6.45, 7) is 4.13. The number of fused-ring (bicyclic) bond motifs is 3. The molecule has 0 aliphatic heterocycles. The van der Waals surface area contributed by atoms with Crippen LogP contribution in [-0.4, -0.2) is 15.3 Å². The molecule has 2 aromatic heterocycles. The quantitative estimate of drug-likeness (QED) is 0.356. The number of aromatic nitrogens is 2. The van der Waals surface area contributed by atoms with Gasteiger partial charge in [-0.1, -0.05) is 17.8 Å². The zero-order chi connectivity index (χ0) is 19.0. The number of thioether (sulfide) groups is 1. The first-order valence-corrected chi connectivity index (χ1v) is 11.0. The number of hydrogen-bond donors (Lipinski definition) is 0. The van der Waals surface area contributed by atoms with Gasteiger partial charge in [0.2, 0.25) is 0 Å². The molecule has 0 saturated carbocycles. The molecule has 0 spiro atoms. The molecule has 27 heavy (non-hydrogen) atoms. The number of nitrogens with zero attached hydrogens (tertiary/aromatic N) is 3. The molecule has 6 heteroatoms. The minimum atomic E-state index is 0.0297. The molecule has 138 valence electrons. The van der Waals surface area contributed by atoms with Crippen molar-refractivity contribution in [1.82, 2.24) is 9.55 Å². The van der Waals surface area contributed by atoms with E-state index in [4.69, 9.17) is 10.2 Å². The summed E-state index contributed by atoms with van der Waals surface area (Å²) in [7, 11) is 0. The Morgan fingerprint density at radius 1 is 1.26 bits per heavy atom. The standard InChI is InChI=1S/C21H21N3OS2/c1-13-8-9-15(12-14(13)2)24-20(25)18-16-6-3-4-7-17(16)27-19(18)23-21(24)26-11-5-10-22/h8-9,12H,3-7,11H2,1-2H3. The largest absolute Gasteiger partial charge is 0.268 e. The van der Waals surface area contributed by atoms with E-state index in [9.17, 15) is 4.79 Å². The van der Waals surface area contributed by atoms with Crippen LogP contribution in [0.3, 0.4) is 0 Å². The van der Waals surface area contributed by atoms with Crippen LogP contribution in [0, 0.1) is 25.2 Å². The first-order valence-electron chi connectivity index (χ1n) is 9.25. The fourth-order valence-corrected chi connectivity index (χ4v) is 5.72. The van der Waals surface area contributed by atoms with Gasteiger partial charge in [-0.25, -0.2) is 4.98 Å². The first kappa shape index (κ1) is 18.3. The molecule has 2 heterocycles. The van der Waals surface area contributed by atoms with Gasteiger partial charge in [0.05, 0.1) is 17.1 Å². The summed E-state index contributed by atoms with van der Waals surface area (Å²) in [4.78, 5) is 20.6. The summed E-state index contributed by atoms with van der Waals surface area (Å²) < 4.78 is 1.75. The number of nitriles is 1. The third-order valence-corrected chi connectivity index (χ3v) is 7.28. The van der Waals surface area contributed by atoms with Gasteiger partial charge in [0.25, 0.3) is 5.56 Å². The van der Waals surface area contributed by atoms with Crippen LogP contribution in [0.2, 0.25) is 0 Å². The number of rotatable bonds is 4. The van der Waals surface area contributed by atoms with Crippen molar-refractivity contribution in [3.8, 4) is 11.8 Å². The summed E-state index contributed by atoms with van der Waals surface area (Å²) >= 11 is 3.16. The fourth-order valence-electron chi connectivity index (χ4n) is 3.56. The predicted octanol–water partition coefficient (Wildman–Crippen LogP) is 4.95. The van der Waals surface area contributed by atoms with E-state index in [1.54, 1.807) is 15.9 Å². The maximum atomic E-state index is 13.6. The zero-order valence-electron chi connectivity index (χ0n) is 15.5. The van der Waals surface area contributed by atoms with E-state index >= 15 is 0 Å². The van der Waals surface area contributed by atoms with E-state index in [-0.39, 0.29) is 5.56 Å². The molecule has 1 aromatic carbocycles. The van der Waals surface area contributed by atoms with Gasteiger partial charge in [-0.15, -0.1) is 11.3 Å². The van der Waals surface area contributed by atoms with Crippen LogP contribution in [0.4, 0.5) is 0 Å². The van der Waals surface area contributed by atoms with E-state index < -0.39 is 0 Å². The Balaban J connectivity index is 1.96. The smallest absolute Gasteiger partial charge is 0.267 e. The molecule has 0 N–H and O–H groups in total. The highest BCUT2D eigenvalue weighted by Crippen LogP contribution is 2.35. The van der Waals surface area contributed by atoms with Crippen LogP contribution in [-0.2, 0) is 12.8 Å². The molecule has 0 unspecified atom stereocenters. The molecule has 1 aliphatic carbocycles. The Morgan fingerprint density at radius 2 is 2.07 bits per heavy atom. The predicted molar refractivity (Wildman–Crippen MR) is 112 cm³/mol. The molecule has 0 atom stereocenters. The number of aryl methyl sites for hydroxylation is 4. The molecule has 0 fully saturated rings. The molecule has 0 radical (unpaired) electrons. The topological polar surface area (TPSA) is 58.7 Å². The lowest BCUT2D eigenvalue weighted by atomic mass is 9.97. The van der Waals surface area contributed by atoms with Crippen molar-refractivity contribution in [1.29, 1.82) is 5.26 Å². The molecular weight excluding hydrogens is 374 g/mol. The van der Waals surface area contributed by atoms with Gasteiger partial charge in [0.15, 0.2) is 5.16 Å². The van der Waals surface area contributed by atoms with Gasteiger partial charge in [-0.2, -0.15) is 5.26 Å². The first-order chi connectivity index (χ1) is 13.1. The van der Waals surface area contributed by atoms with Gasteiger partial charge in [0.1, 0.15) is 4.83 Å². The van der Waals surface area contributed by atoms with E-state index in [0.717, 1.165) is 40.7 Å². The molecule has 4 rings (SSSR count). The number of benzene rings is 1.